The molecule has 3 aromatic rings. The third-order valence-corrected chi connectivity index (χ3v) is 9.20. The summed E-state index contributed by atoms with van der Waals surface area (Å²) in [5.41, 5.74) is 3.04. The monoisotopic (exact) mass is 528 g/mol. The Morgan fingerprint density at radius 2 is 1.75 bits per heavy atom. The molecule has 190 valence electrons. The van der Waals surface area contributed by atoms with E-state index in [-0.39, 0.29) is 45.0 Å². The van der Waals surface area contributed by atoms with Gasteiger partial charge in [-0.2, -0.15) is 0 Å². The fraction of sp³-hybridized carbons (Fsp3) is 0.393. The van der Waals surface area contributed by atoms with E-state index in [1.54, 1.807) is 18.3 Å². The number of pyridine rings is 2. The third-order valence-electron chi connectivity index (χ3n) is 7.06. The van der Waals surface area contributed by atoms with Crippen molar-refractivity contribution in [2.24, 2.45) is 11.8 Å². The Hall–Kier alpha value is -2.64. The van der Waals surface area contributed by atoms with Crippen molar-refractivity contribution in [3.8, 4) is 11.3 Å². The lowest BCUT2D eigenvalue weighted by Gasteiger charge is -2.28. The number of benzene rings is 1. The van der Waals surface area contributed by atoms with Crippen molar-refractivity contribution < 1.29 is 17.6 Å². The average Bonchev–Trinajstić information content (AvgIpc) is 2.85. The van der Waals surface area contributed by atoms with E-state index in [0.717, 1.165) is 16.8 Å². The van der Waals surface area contributed by atoms with Crippen molar-refractivity contribution in [1.29, 1.82) is 0 Å². The Balaban J connectivity index is 1.33. The molecule has 1 aliphatic rings. The van der Waals surface area contributed by atoms with Crippen molar-refractivity contribution in [1.82, 2.24) is 9.97 Å². The Labute approximate surface area is 217 Å². The Bertz CT molecular complexity index is 1320. The number of sulfone groups is 1. The molecular weight excluding hydrogens is 499 g/mol. The highest BCUT2D eigenvalue weighted by Crippen LogP contribution is 2.34. The van der Waals surface area contributed by atoms with Crippen molar-refractivity contribution in [2.45, 2.75) is 56.8 Å². The summed E-state index contributed by atoms with van der Waals surface area (Å²) < 4.78 is 39.3. The molecule has 0 amide bonds. The summed E-state index contributed by atoms with van der Waals surface area (Å²) >= 11 is 6.39. The molecule has 1 atom stereocenters. The van der Waals surface area contributed by atoms with Crippen LogP contribution in [0.3, 0.4) is 0 Å². The van der Waals surface area contributed by atoms with Crippen LogP contribution >= 0.6 is 11.6 Å². The summed E-state index contributed by atoms with van der Waals surface area (Å²) in [7, 11) is -3.56. The second-order valence-corrected chi connectivity index (χ2v) is 12.3. The number of rotatable bonds is 8. The van der Waals surface area contributed by atoms with E-state index in [0.29, 0.717) is 37.8 Å². The van der Waals surface area contributed by atoms with E-state index in [9.17, 15) is 17.6 Å². The van der Waals surface area contributed by atoms with Gasteiger partial charge in [0.25, 0.3) is 0 Å². The van der Waals surface area contributed by atoms with Gasteiger partial charge in [0.2, 0.25) is 0 Å². The van der Waals surface area contributed by atoms with Gasteiger partial charge in [-0.05, 0) is 80.3 Å². The van der Waals surface area contributed by atoms with Crippen molar-refractivity contribution >= 4 is 27.2 Å². The van der Waals surface area contributed by atoms with Gasteiger partial charge in [0.1, 0.15) is 11.6 Å². The van der Waals surface area contributed by atoms with E-state index in [1.807, 2.05) is 26.0 Å². The SMILES string of the molecule is Cc1ccc(-c2ncc(S(=O)(=O)CC3CCC(C(=O)C[C@H](C)c4ccc(F)cc4)CC3)cc2Cl)cn1. The zero-order valence-corrected chi connectivity index (χ0v) is 22.0. The largest absolute Gasteiger partial charge is 0.299 e. The van der Waals surface area contributed by atoms with Gasteiger partial charge >= 0.3 is 0 Å². The number of nitrogens with zero attached hydrogens (tertiary/aromatic N) is 2. The lowest BCUT2D eigenvalue weighted by molar-refractivity contribution is -0.124. The highest BCUT2D eigenvalue weighted by Gasteiger charge is 2.30. The maximum absolute atomic E-state index is 13.2. The first-order valence-corrected chi connectivity index (χ1v) is 14.2. The second kappa shape index (κ2) is 11.2. The topological polar surface area (TPSA) is 77.0 Å². The molecule has 4 rings (SSSR count). The smallest absolute Gasteiger partial charge is 0.180 e. The van der Waals surface area contributed by atoms with Gasteiger partial charge in [0.15, 0.2) is 9.84 Å². The number of carbonyl (C=O) groups is 1. The minimum absolute atomic E-state index is 0.00618. The number of hydrogen-bond acceptors (Lipinski definition) is 5. The summed E-state index contributed by atoms with van der Waals surface area (Å²) in [6.07, 6.45) is 6.19. The standard InChI is InChI=1S/C28H30ClFN2O3S/c1-18(21-9-11-24(30)12-10-21)13-27(33)22-7-4-20(5-8-22)17-36(34,35)25-14-26(29)28(32-16-25)23-6-3-19(2)31-15-23/h3,6,9-12,14-16,18,20,22H,4-5,7-8,13,17H2,1-2H3/t18-,20?,22?/m0/s1. The van der Waals surface area contributed by atoms with E-state index < -0.39 is 9.84 Å². The van der Waals surface area contributed by atoms with Crippen LogP contribution in [0, 0.1) is 24.6 Å². The van der Waals surface area contributed by atoms with Gasteiger partial charge in [-0.1, -0.05) is 30.7 Å². The van der Waals surface area contributed by atoms with Gasteiger partial charge in [0.05, 0.1) is 21.4 Å². The normalized spacial score (nSPS) is 19.1. The second-order valence-electron chi connectivity index (χ2n) is 9.81. The molecule has 0 radical (unpaired) electrons. The highest BCUT2D eigenvalue weighted by atomic mass is 35.5. The van der Waals surface area contributed by atoms with Crippen molar-refractivity contribution in [3.05, 3.63) is 77.0 Å². The van der Waals surface area contributed by atoms with E-state index in [1.165, 1.54) is 24.4 Å². The molecule has 0 aliphatic heterocycles. The van der Waals surface area contributed by atoms with Crippen LogP contribution < -0.4 is 0 Å². The molecule has 1 aliphatic carbocycles. The lowest BCUT2D eigenvalue weighted by Crippen LogP contribution is -2.26. The number of Topliss-reactive ketones (excluding diaryl/α,β-unsaturated/α-hetero) is 1. The highest BCUT2D eigenvalue weighted by molar-refractivity contribution is 7.91. The number of aromatic nitrogens is 2. The summed E-state index contributed by atoms with van der Waals surface area (Å²) in [5.74, 6) is -0.109. The molecule has 8 heteroatoms. The molecule has 0 N–H and O–H groups in total. The van der Waals surface area contributed by atoms with Crippen LogP contribution in [0.2, 0.25) is 5.02 Å². The molecule has 2 aromatic heterocycles. The van der Waals surface area contributed by atoms with Crippen molar-refractivity contribution in [3.63, 3.8) is 0 Å². The van der Waals surface area contributed by atoms with Crippen LogP contribution in [-0.4, -0.2) is 29.9 Å². The molecule has 2 heterocycles. The summed E-state index contributed by atoms with van der Waals surface area (Å²) in [6.45, 7) is 3.86. The third kappa shape index (κ3) is 6.37. The Morgan fingerprint density at radius 1 is 1.06 bits per heavy atom. The Morgan fingerprint density at radius 3 is 2.36 bits per heavy atom. The van der Waals surface area contributed by atoms with Crippen LogP contribution in [0.15, 0.2) is 59.8 Å². The fourth-order valence-electron chi connectivity index (χ4n) is 4.85. The van der Waals surface area contributed by atoms with Crippen LogP contribution in [0.25, 0.3) is 11.3 Å². The zero-order chi connectivity index (χ0) is 25.9. The number of halogens is 2. The number of hydrogen-bond donors (Lipinski definition) is 0. The van der Waals surface area contributed by atoms with Crippen LogP contribution in [-0.2, 0) is 14.6 Å². The first kappa shape index (κ1) is 26.4. The molecule has 0 unspecified atom stereocenters. The molecule has 1 aromatic carbocycles. The summed E-state index contributed by atoms with van der Waals surface area (Å²) in [6, 6.07) is 11.4. The average molecular weight is 529 g/mol. The maximum atomic E-state index is 13.2. The fourth-order valence-corrected chi connectivity index (χ4v) is 6.84. The summed E-state index contributed by atoms with van der Waals surface area (Å²) in [4.78, 5) is 21.5. The van der Waals surface area contributed by atoms with Crippen LogP contribution in [0.5, 0.6) is 0 Å². The zero-order valence-electron chi connectivity index (χ0n) is 20.5. The van der Waals surface area contributed by atoms with Gasteiger partial charge in [0, 0.05) is 36.0 Å². The molecule has 36 heavy (non-hydrogen) atoms. The van der Waals surface area contributed by atoms with Gasteiger partial charge in [-0.3, -0.25) is 14.8 Å². The quantitative estimate of drug-likeness (QED) is 0.329. The molecular formula is C28H30ClFN2O3S. The van der Waals surface area contributed by atoms with Crippen LogP contribution in [0.1, 0.15) is 56.2 Å². The molecule has 0 spiro atoms. The number of ketones is 1. The lowest BCUT2D eigenvalue weighted by atomic mass is 9.78. The van der Waals surface area contributed by atoms with E-state index >= 15 is 0 Å². The van der Waals surface area contributed by atoms with Crippen LogP contribution in [0.4, 0.5) is 4.39 Å². The predicted molar refractivity (Wildman–Crippen MR) is 139 cm³/mol. The molecule has 0 saturated heterocycles. The van der Waals surface area contributed by atoms with E-state index in [2.05, 4.69) is 9.97 Å². The molecule has 1 saturated carbocycles. The first-order chi connectivity index (χ1) is 17.1. The number of aryl methyl sites for hydroxylation is 1. The molecule has 0 bridgehead atoms. The Kier molecular flexibility index (Phi) is 8.20. The van der Waals surface area contributed by atoms with Gasteiger partial charge in [-0.25, -0.2) is 12.8 Å². The molecule has 1 fully saturated rings. The summed E-state index contributed by atoms with van der Waals surface area (Å²) in [5, 5.41) is 0.270. The minimum Gasteiger partial charge on any atom is -0.299 e. The van der Waals surface area contributed by atoms with Crippen molar-refractivity contribution in [2.75, 3.05) is 5.75 Å². The van der Waals surface area contributed by atoms with Gasteiger partial charge < -0.3 is 0 Å². The first-order valence-electron chi connectivity index (χ1n) is 12.2. The molecule has 5 nitrogen and oxygen atoms in total. The predicted octanol–water partition coefficient (Wildman–Crippen LogP) is 6.59. The number of carbonyl (C=O) groups excluding carboxylic acids is 1. The van der Waals surface area contributed by atoms with E-state index in [4.69, 9.17) is 11.6 Å². The van der Waals surface area contributed by atoms with Gasteiger partial charge in [-0.15, -0.1) is 0 Å². The minimum atomic E-state index is -3.56. The maximum Gasteiger partial charge on any atom is 0.180 e.